The summed E-state index contributed by atoms with van der Waals surface area (Å²) in [5.74, 6) is -1.27. The maximum atomic E-state index is 12.6. The maximum absolute atomic E-state index is 12.6. The molecule has 0 atom stereocenters. The van der Waals surface area contributed by atoms with Crippen molar-refractivity contribution in [2.24, 2.45) is 0 Å². The average molecular weight is 377 g/mol. The molecular formula is C18H17F2N3O4. The van der Waals surface area contributed by atoms with Crippen LogP contribution in [0.5, 0.6) is 11.5 Å². The van der Waals surface area contributed by atoms with Gasteiger partial charge in [-0.25, -0.2) is 4.98 Å². The number of piperazine rings is 1. The lowest BCUT2D eigenvalue weighted by Gasteiger charge is -2.34. The van der Waals surface area contributed by atoms with Crippen molar-refractivity contribution in [3.8, 4) is 11.5 Å². The van der Waals surface area contributed by atoms with Gasteiger partial charge in [0.05, 0.1) is 5.56 Å². The number of rotatable bonds is 4. The first-order valence-corrected chi connectivity index (χ1v) is 8.23. The third kappa shape index (κ3) is 4.13. The first-order valence-electron chi connectivity index (χ1n) is 8.23. The molecular weight excluding hydrogens is 360 g/mol. The zero-order valence-corrected chi connectivity index (χ0v) is 14.2. The number of para-hydroxylation sites is 1. The Bertz CT molecular complexity index is 839. The van der Waals surface area contributed by atoms with E-state index in [-0.39, 0.29) is 48.9 Å². The van der Waals surface area contributed by atoms with Crippen LogP contribution in [0.2, 0.25) is 0 Å². The predicted molar refractivity (Wildman–Crippen MR) is 90.8 cm³/mol. The van der Waals surface area contributed by atoms with Crippen molar-refractivity contribution >= 4 is 11.8 Å². The molecule has 27 heavy (non-hydrogen) atoms. The fourth-order valence-electron chi connectivity index (χ4n) is 2.84. The minimum Gasteiger partial charge on any atom is -0.505 e. The van der Waals surface area contributed by atoms with Crippen LogP contribution in [0.4, 0.5) is 8.78 Å². The summed E-state index contributed by atoms with van der Waals surface area (Å²) in [6.07, 6.45) is 1.41. The molecule has 2 aromatic rings. The Morgan fingerprint density at radius 1 is 1.00 bits per heavy atom. The molecule has 142 valence electrons. The van der Waals surface area contributed by atoms with Crippen LogP contribution in [0.15, 0.2) is 42.6 Å². The topological polar surface area (TPSA) is 83.0 Å². The van der Waals surface area contributed by atoms with Gasteiger partial charge >= 0.3 is 6.61 Å². The molecule has 1 aromatic carbocycles. The van der Waals surface area contributed by atoms with Gasteiger partial charge in [-0.05, 0) is 24.3 Å². The second kappa shape index (κ2) is 7.98. The normalized spacial score (nSPS) is 14.3. The monoisotopic (exact) mass is 377 g/mol. The lowest BCUT2D eigenvalue weighted by molar-refractivity contribution is -0.0503. The van der Waals surface area contributed by atoms with Crippen LogP contribution in [0.1, 0.15) is 20.8 Å². The summed E-state index contributed by atoms with van der Waals surface area (Å²) >= 11 is 0. The number of carbonyl (C=O) groups is 2. The van der Waals surface area contributed by atoms with Crippen LogP contribution in [-0.4, -0.2) is 64.5 Å². The molecule has 1 saturated heterocycles. The first kappa shape index (κ1) is 18.6. The number of hydrogen-bond donors (Lipinski definition) is 1. The van der Waals surface area contributed by atoms with E-state index in [9.17, 15) is 23.5 Å². The van der Waals surface area contributed by atoms with Gasteiger partial charge in [0.1, 0.15) is 11.5 Å². The number of benzene rings is 1. The van der Waals surface area contributed by atoms with Gasteiger partial charge in [-0.2, -0.15) is 8.78 Å². The summed E-state index contributed by atoms with van der Waals surface area (Å²) in [5, 5.41) is 9.75. The zero-order chi connectivity index (χ0) is 19.4. The van der Waals surface area contributed by atoms with Gasteiger partial charge in [0.25, 0.3) is 11.8 Å². The number of nitrogens with zero attached hydrogens (tertiary/aromatic N) is 3. The van der Waals surface area contributed by atoms with Crippen molar-refractivity contribution < 1.29 is 28.2 Å². The molecule has 7 nitrogen and oxygen atoms in total. The SMILES string of the molecule is O=C(c1ccccc1OC(F)F)N1CCN(C(=O)c2ncccc2O)CC1. The highest BCUT2D eigenvalue weighted by molar-refractivity contribution is 5.97. The van der Waals surface area contributed by atoms with Gasteiger partial charge in [-0.1, -0.05) is 12.1 Å². The summed E-state index contributed by atoms with van der Waals surface area (Å²) in [7, 11) is 0. The van der Waals surface area contributed by atoms with Crippen molar-refractivity contribution in [1.29, 1.82) is 0 Å². The molecule has 2 amide bonds. The Morgan fingerprint density at radius 2 is 1.63 bits per heavy atom. The number of ether oxygens (including phenoxy) is 1. The fraction of sp³-hybridized carbons (Fsp3) is 0.278. The molecule has 0 saturated carbocycles. The fourth-order valence-corrected chi connectivity index (χ4v) is 2.84. The maximum Gasteiger partial charge on any atom is 0.387 e. The van der Waals surface area contributed by atoms with E-state index in [1.54, 1.807) is 6.07 Å². The molecule has 2 heterocycles. The minimum atomic E-state index is -3.03. The van der Waals surface area contributed by atoms with Crippen LogP contribution >= 0.6 is 0 Å². The highest BCUT2D eigenvalue weighted by Crippen LogP contribution is 2.23. The second-order valence-electron chi connectivity index (χ2n) is 5.83. The highest BCUT2D eigenvalue weighted by atomic mass is 19.3. The molecule has 1 aliphatic heterocycles. The third-order valence-corrected chi connectivity index (χ3v) is 4.18. The van der Waals surface area contributed by atoms with E-state index in [1.165, 1.54) is 46.3 Å². The lowest BCUT2D eigenvalue weighted by Crippen LogP contribution is -2.50. The summed E-state index contributed by atoms with van der Waals surface area (Å²) in [4.78, 5) is 31.9. The molecule has 0 radical (unpaired) electrons. The van der Waals surface area contributed by atoms with E-state index < -0.39 is 18.4 Å². The molecule has 3 rings (SSSR count). The van der Waals surface area contributed by atoms with Gasteiger partial charge in [0.15, 0.2) is 5.69 Å². The average Bonchev–Trinajstić information content (AvgIpc) is 2.67. The Morgan fingerprint density at radius 3 is 2.26 bits per heavy atom. The predicted octanol–water partition coefficient (Wildman–Crippen LogP) is 1.99. The van der Waals surface area contributed by atoms with Crippen molar-refractivity contribution in [2.45, 2.75) is 6.61 Å². The highest BCUT2D eigenvalue weighted by Gasteiger charge is 2.28. The summed E-state index contributed by atoms with van der Waals surface area (Å²) < 4.78 is 29.5. The van der Waals surface area contributed by atoms with E-state index in [4.69, 9.17) is 0 Å². The largest absolute Gasteiger partial charge is 0.505 e. The summed E-state index contributed by atoms with van der Waals surface area (Å²) in [5.41, 5.74) is -0.00657. The Labute approximate surface area is 153 Å². The Kier molecular flexibility index (Phi) is 5.49. The van der Waals surface area contributed by atoms with Crippen LogP contribution in [-0.2, 0) is 0 Å². The van der Waals surface area contributed by atoms with E-state index in [1.807, 2.05) is 0 Å². The molecule has 1 fully saturated rings. The number of carbonyl (C=O) groups excluding carboxylic acids is 2. The third-order valence-electron chi connectivity index (χ3n) is 4.18. The van der Waals surface area contributed by atoms with E-state index >= 15 is 0 Å². The Balaban J connectivity index is 1.67. The zero-order valence-electron chi connectivity index (χ0n) is 14.2. The number of aromatic hydroxyl groups is 1. The van der Waals surface area contributed by atoms with Crippen LogP contribution in [0.25, 0.3) is 0 Å². The van der Waals surface area contributed by atoms with Gasteiger partial charge < -0.3 is 19.6 Å². The molecule has 0 aliphatic carbocycles. The van der Waals surface area contributed by atoms with Gasteiger partial charge in [-0.3, -0.25) is 9.59 Å². The number of aromatic nitrogens is 1. The summed E-state index contributed by atoms with van der Waals surface area (Å²) in [6, 6.07) is 8.69. The van der Waals surface area contributed by atoms with Crippen molar-refractivity contribution in [3.63, 3.8) is 0 Å². The number of pyridine rings is 1. The number of amides is 2. The molecule has 0 spiro atoms. The van der Waals surface area contributed by atoms with Crippen molar-refractivity contribution in [3.05, 3.63) is 53.9 Å². The van der Waals surface area contributed by atoms with Gasteiger partial charge in [-0.15, -0.1) is 0 Å². The molecule has 1 aromatic heterocycles. The van der Waals surface area contributed by atoms with E-state index in [0.29, 0.717) is 0 Å². The number of alkyl halides is 2. The van der Waals surface area contributed by atoms with Crippen LogP contribution in [0, 0.1) is 0 Å². The Hall–Kier alpha value is -3.23. The van der Waals surface area contributed by atoms with Crippen molar-refractivity contribution in [1.82, 2.24) is 14.8 Å². The number of halogens is 2. The quantitative estimate of drug-likeness (QED) is 0.881. The smallest absolute Gasteiger partial charge is 0.387 e. The van der Waals surface area contributed by atoms with Crippen molar-refractivity contribution in [2.75, 3.05) is 26.2 Å². The van der Waals surface area contributed by atoms with Gasteiger partial charge in [0.2, 0.25) is 0 Å². The summed E-state index contributed by atoms with van der Waals surface area (Å²) in [6.45, 7) is -2.11. The standard InChI is InChI=1S/C18H17F2N3O4/c19-18(20)27-14-6-2-1-4-12(14)16(25)22-8-10-23(11-9-22)17(26)15-13(24)5-3-7-21-15/h1-7,18,24H,8-11H2. The molecule has 1 aliphatic rings. The van der Waals surface area contributed by atoms with Gasteiger partial charge in [0, 0.05) is 32.4 Å². The molecule has 0 unspecified atom stereocenters. The molecule has 0 bridgehead atoms. The van der Waals surface area contributed by atoms with Crippen LogP contribution in [0.3, 0.4) is 0 Å². The van der Waals surface area contributed by atoms with E-state index in [2.05, 4.69) is 9.72 Å². The van der Waals surface area contributed by atoms with Crippen LogP contribution < -0.4 is 4.74 Å². The number of hydrogen-bond acceptors (Lipinski definition) is 5. The lowest BCUT2D eigenvalue weighted by atomic mass is 10.1. The second-order valence-corrected chi connectivity index (χ2v) is 5.83. The minimum absolute atomic E-state index is 0.0416. The molecule has 1 N–H and O–H groups in total. The first-order chi connectivity index (χ1) is 13.0. The van der Waals surface area contributed by atoms with E-state index in [0.717, 1.165) is 0 Å². The molecule has 9 heteroatoms.